The van der Waals surface area contributed by atoms with Crippen molar-refractivity contribution in [3.05, 3.63) is 35.9 Å². The second-order valence-electron chi connectivity index (χ2n) is 8.89. The summed E-state index contributed by atoms with van der Waals surface area (Å²) in [5, 5.41) is 0. The van der Waals surface area contributed by atoms with Gasteiger partial charge >= 0.3 is 12.2 Å². The minimum Gasteiger partial charge on any atom is -0.445 e. The topological polar surface area (TPSA) is 76.2 Å². The number of rotatable bonds is 2. The Kier molecular flexibility index (Phi) is 6.15. The van der Waals surface area contributed by atoms with Crippen molar-refractivity contribution < 1.29 is 23.9 Å². The summed E-state index contributed by atoms with van der Waals surface area (Å²) in [6, 6.07) is 9.47. The van der Waals surface area contributed by atoms with E-state index >= 15 is 0 Å². The van der Waals surface area contributed by atoms with Crippen LogP contribution in [0.3, 0.4) is 0 Å². The van der Waals surface area contributed by atoms with E-state index in [1.54, 1.807) is 9.80 Å². The largest absolute Gasteiger partial charge is 0.445 e. The fourth-order valence-corrected chi connectivity index (χ4v) is 4.05. The van der Waals surface area contributed by atoms with Gasteiger partial charge in [-0.15, -0.1) is 0 Å². The Balaban J connectivity index is 1.66. The van der Waals surface area contributed by atoms with E-state index in [2.05, 4.69) is 0 Å². The molecule has 7 nitrogen and oxygen atoms in total. The summed E-state index contributed by atoms with van der Waals surface area (Å²) in [6.07, 6.45) is 1.41. The zero-order valence-corrected chi connectivity index (χ0v) is 17.5. The van der Waals surface area contributed by atoms with Crippen LogP contribution < -0.4 is 0 Å². The zero-order valence-electron chi connectivity index (χ0n) is 17.5. The number of Topliss-reactive ketones (excluding diaryl/α,β-unsaturated/α-hetero) is 1. The molecule has 2 aliphatic rings. The first-order chi connectivity index (χ1) is 13.7. The summed E-state index contributed by atoms with van der Waals surface area (Å²) < 4.78 is 11.0. The number of ketones is 1. The summed E-state index contributed by atoms with van der Waals surface area (Å²) in [4.78, 5) is 40.8. The lowest BCUT2D eigenvalue weighted by Crippen LogP contribution is -2.48. The van der Waals surface area contributed by atoms with Crippen molar-refractivity contribution in [2.75, 3.05) is 19.6 Å². The highest BCUT2D eigenvalue weighted by Gasteiger charge is 2.49. The summed E-state index contributed by atoms with van der Waals surface area (Å²) in [5.74, 6) is 0.0346. The van der Waals surface area contributed by atoms with Crippen molar-refractivity contribution in [3.8, 4) is 0 Å². The number of hydrogen-bond acceptors (Lipinski definition) is 5. The number of amides is 2. The van der Waals surface area contributed by atoms with Gasteiger partial charge in [0.25, 0.3) is 0 Å². The van der Waals surface area contributed by atoms with Gasteiger partial charge in [0.05, 0.1) is 12.1 Å². The van der Waals surface area contributed by atoms with Crippen LogP contribution in [0.2, 0.25) is 0 Å². The molecule has 1 unspecified atom stereocenters. The summed E-state index contributed by atoms with van der Waals surface area (Å²) in [6.45, 7) is 6.76. The maximum Gasteiger partial charge on any atom is 0.410 e. The number of likely N-dealkylation sites (tertiary alicyclic amines) is 2. The van der Waals surface area contributed by atoms with Gasteiger partial charge in [-0.1, -0.05) is 30.3 Å². The quantitative estimate of drug-likeness (QED) is 0.753. The fraction of sp³-hybridized carbons (Fsp3) is 0.591. The molecule has 0 aliphatic carbocycles. The molecule has 2 amide bonds. The minimum atomic E-state index is -0.582. The molecule has 0 bridgehead atoms. The number of hydrogen-bond donors (Lipinski definition) is 0. The minimum absolute atomic E-state index is 0.0346. The third kappa shape index (κ3) is 5.28. The van der Waals surface area contributed by atoms with Gasteiger partial charge in [0.15, 0.2) is 5.78 Å². The summed E-state index contributed by atoms with van der Waals surface area (Å²) >= 11 is 0. The average Bonchev–Trinajstić information content (AvgIpc) is 2.83. The van der Waals surface area contributed by atoms with Crippen LogP contribution in [0.1, 0.15) is 52.0 Å². The lowest BCUT2D eigenvalue weighted by molar-refractivity contribution is -0.117. The molecule has 3 rings (SSSR count). The molecule has 2 fully saturated rings. The first-order valence-electron chi connectivity index (χ1n) is 10.2. The van der Waals surface area contributed by atoms with Crippen molar-refractivity contribution in [1.82, 2.24) is 9.80 Å². The van der Waals surface area contributed by atoms with Crippen LogP contribution in [-0.4, -0.2) is 58.5 Å². The van der Waals surface area contributed by atoms with Gasteiger partial charge in [-0.25, -0.2) is 9.59 Å². The second kappa shape index (κ2) is 8.43. The molecule has 0 aromatic heterocycles. The van der Waals surface area contributed by atoms with E-state index in [4.69, 9.17) is 9.47 Å². The van der Waals surface area contributed by atoms with Gasteiger partial charge in [0.1, 0.15) is 12.2 Å². The Bertz CT molecular complexity index is 758. The van der Waals surface area contributed by atoms with Crippen LogP contribution in [0, 0.1) is 0 Å². The molecule has 1 aromatic carbocycles. The summed E-state index contributed by atoms with van der Waals surface area (Å²) in [7, 11) is 0. The van der Waals surface area contributed by atoms with Crippen molar-refractivity contribution in [2.24, 2.45) is 0 Å². The summed E-state index contributed by atoms with van der Waals surface area (Å²) in [5.41, 5.74) is -0.239. The molecule has 0 radical (unpaired) electrons. The van der Waals surface area contributed by atoms with E-state index in [-0.39, 0.29) is 25.0 Å². The van der Waals surface area contributed by atoms with Crippen molar-refractivity contribution in [1.29, 1.82) is 0 Å². The van der Waals surface area contributed by atoms with Crippen molar-refractivity contribution >= 4 is 18.0 Å². The lowest BCUT2D eigenvalue weighted by Gasteiger charge is -2.36. The molecule has 7 heteroatoms. The molecular weight excluding hydrogens is 372 g/mol. The Hall–Kier alpha value is -2.57. The Morgan fingerprint density at radius 2 is 1.79 bits per heavy atom. The van der Waals surface area contributed by atoms with Gasteiger partial charge in [0.2, 0.25) is 0 Å². The number of ether oxygens (including phenoxy) is 2. The van der Waals surface area contributed by atoms with E-state index in [9.17, 15) is 14.4 Å². The SMILES string of the molecule is CC(C)(C)OC(=O)N1CCCC2(CC1)CC(=O)CN2C(=O)OCc1ccccc1. The van der Waals surface area contributed by atoms with Crippen LogP contribution in [0.25, 0.3) is 0 Å². The molecule has 0 N–H and O–H groups in total. The number of nitrogens with zero attached hydrogens (tertiary/aromatic N) is 2. The van der Waals surface area contributed by atoms with Gasteiger partial charge < -0.3 is 14.4 Å². The molecule has 29 heavy (non-hydrogen) atoms. The van der Waals surface area contributed by atoms with E-state index in [0.29, 0.717) is 38.8 Å². The van der Waals surface area contributed by atoms with Gasteiger partial charge in [-0.05, 0) is 45.6 Å². The molecule has 0 saturated carbocycles. The van der Waals surface area contributed by atoms with Gasteiger partial charge in [-0.3, -0.25) is 9.69 Å². The maximum absolute atomic E-state index is 12.8. The number of carbonyl (C=O) groups is 3. The first-order valence-corrected chi connectivity index (χ1v) is 10.2. The van der Waals surface area contributed by atoms with Gasteiger partial charge in [-0.2, -0.15) is 0 Å². The average molecular weight is 402 g/mol. The normalized spacial score (nSPS) is 22.5. The number of benzene rings is 1. The second-order valence-corrected chi connectivity index (χ2v) is 8.89. The highest BCUT2D eigenvalue weighted by Crippen LogP contribution is 2.37. The Labute approximate surface area is 171 Å². The Morgan fingerprint density at radius 1 is 1.07 bits per heavy atom. The zero-order chi connectivity index (χ0) is 21.1. The monoisotopic (exact) mass is 402 g/mol. The molecule has 158 valence electrons. The molecule has 1 atom stereocenters. The molecule has 2 aliphatic heterocycles. The molecular formula is C22H30N2O5. The predicted molar refractivity (Wildman–Crippen MR) is 107 cm³/mol. The molecule has 2 heterocycles. The maximum atomic E-state index is 12.8. The molecule has 1 spiro atoms. The van der Waals surface area contributed by atoms with E-state index in [1.807, 2.05) is 51.1 Å². The smallest absolute Gasteiger partial charge is 0.410 e. The van der Waals surface area contributed by atoms with Gasteiger partial charge in [0, 0.05) is 19.5 Å². The van der Waals surface area contributed by atoms with Crippen LogP contribution in [0.5, 0.6) is 0 Å². The first kappa shape index (κ1) is 21.1. The third-order valence-electron chi connectivity index (χ3n) is 5.43. The third-order valence-corrected chi connectivity index (χ3v) is 5.43. The van der Waals surface area contributed by atoms with E-state index in [1.165, 1.54) is 0 Å². The highest BCUT2D eigenvalue weighted by molar-refractivity contribution is 5.89. The van der Waals surface area contributed by atoms with Crippen molar-refractivity contribution in [2.45, 2.75) is 64.2 Å². The molecule has 1 aromatic rings. The van der Waals surface area contributed by atoms with E-state index < -0.39 is 17.2 Å². The van der Waals surface area contributed by atoms with Crippen molar-refractivity contribution in [3.63, 3.8) is 0 Å². The van der Waals surface area contributed by atoms with Crippen LogP contribution in [0.4, 0.5) is 9.59 Å². The lowest BCUT2D eigenvalue weighted by atomic mass is 9.88. The standard InChI is InChI=1S/C22H30N2O5/c1-21(2,3)29-19(26)23-12-7-10-22(11-13-23)14-18(25)15-24(22)20(27)28-16-17-8-5-4-6-9-17/h4-6,8-9H,7,10-16H2,1-3H3. The van der Waals surface area contributed by atoms with Crippen LogP contribution >= 0.6 is 0 Å². The van der Waals surface area contributed by atoms with E-state index in [0.717, 1.165) is 5.56 Å². The van der Waals surface area contributed by atoms with Crippen LogP contribution in [-0.2, 0) is 20.9 Å². The van der Waals surface area contributed by atoms with Crippen LogP contribution in [0.15, 0.2) is 30.3 Å². The Morgan fingerprint density at radius 3 is 2.48 bits per heavy atom. The highest BCUT2D eigenvalue weighted by atomic mass is 16.6. The molecule has 2 saturated heterocycles. The fourth-order valence-electron chi connectivity index (χ4n) is 4.05. The predicted octanol–water partition coefficient (Wildman–Crippen LogP) is 3.76. The number of carbonyl (C=O) groups excluding carboxylic acids is 3.